The zero-order valence-corrected chi connectivity index (χ0v) is 14.0. The van der Waals surface area contributed by atoms with Crippen molar-refractivity contribution in [2.75, 3.05) is 5.32 Å². The molecule has 0 aliphatic heterocycles. The number of rotatable bonds is 3. The number of nitrogens with zero attached hydrogens (tertiary/aromatic N) is 3. The number of halogens is 1. The molecule has 2 aromatic heterocycles. The first-order valence-corrected chi connectivity index (χ1v) is 8.16. The number of hydrogen-bond donors (Lipinski definition) is 3. The molecule has 1 saturated carbocycles. The summed E-state index contributed by atoms with van der Waals surface area (Å²) in [6, 6.07) is 6.59. The van der Waals surface area contributed by atoms with Gasteiger partial charge in [-0.15, -0.1) is 10.2 Å². The summed E-state index contributed by atoms with van der Waals surface area (Å²) in [5, 5.41) is 31.6. The van der Waals surface area contributed by atoms with Crippen LogP contribution in [0.15, 0.2) is 30.5 Å². The van der Waals surface area contributed by atoms with Crippen molar-refractivity contribution in [3.63, 3.8) is 0 Å². The van der Waals surface area contributed by atoms with Crippen LogP contribution in [-0.2, 0) is 0 Å². The molecule has 130 valence electrons. The van der Waals surface area contributed by atoms with Crippen molar-refractivity contribution in [3.05, 3.63) is 41.8 Å². The van der Waals surface area contributed by atoms with Crippen molar-refractivity contribution in [2.24, 2.45) is 0 Å². The molecule has 1 aliphatic carbocycles. The Labute approximate surface area is 144 Å². The summed E-state index contributed by atoms with van der Waals surface area (Å²) in [7, 11) is 0. The SMILES string of the molecule is Cc1cc(O)c(-c2nnc(NC3CC(C)(O)C3)n3cccc23)c(F)c1. The van der Waals surface area contributed by atoms with Gasteiger partial charge in [-0.05, 0) is 56.5 Å². The molecule has 7 heteroatoms. The topological polar surface area (TPSA) is 82.7 Å². The van der Waals surface area contributed by atoms with E-state index in [1.54, 1.807) is 30.5 Å². The number of hydrogen-bond acceptors (Lipinski definition) is 5. The monoisotopic (exact) mass is 342 g/mol. The second-order valence-corrected chi connectivity index (χ2v) is 7.02. The van der Waals surface area contributed by atoms with Crippen molar-refractivity contribution in [1.29, 1.82) is 0 Å². The number of benzene rings is 1. The third-order valence-corrected chi connectivity index (χ3v) is 4.62. The Balaban J connectivity index is 1.76. The lowest BCUT2D eigenvalue weighted by Gasteiger charge is -2.41. The normalized spacial score (nSPS) is 22.8. The largest absolute Gasteiger partial charge is 0.507 e. The molecule has 25 heavy (non-hydrogen) atoms. The maximum Gasteiger partial charge on any atom is 0.228 e. The second-order valence-electron chi connectivity index (χ2n) is 7.02. The minimum atomic E-state index is -0.641. The minimum absolute atomic E-state index is 0.0416. The Bertz CT molecular complexity index is 936. The molecule has 0 amide bonds. The Morgan fingerprint density at radius 1 is 1.32 bits per heavy atom. The van der Waals surface area contributed by atoms with Gasteiger partial charge in [-0.1, -0.05) is 0 Å². The van der Waals surface area contributed by atoms with Crippen molar-refractivity contribution in [3.8, 4) is 17.0 Å². The van der Waals surface area contributed by atoms with E-state index in [2.05, 4.69) is 15.5 Å². The molecule has 6 nitrogen and oxygen atoms in total. The summed E-state index contributed by atoms with van der Waals surface area (Å²) in [6.45, 7) is 3.51. The molecule has 0 spiro atoms. The molecule has 4 rings (SSSR count). The van der Waals surface area contributed by atoms with E-state index in [1.165, 1.54) is 12.1 Å². The van der Waals surface area contributed by atoms with E-state index in [9.17, 15) is 14.6 Å². The van der Waals surface area contributed by atoms with Gasteiger partial charge in [0.15, 0.2) is 0 Å². The van der Waals surface area contributed by atoms with E-state index >= 15 is 0 Å². The summed E-state index contributed by atoms with van der Waals surface area (Å²) in [5.41, 5.74) is 0.957. The van der Waals surface area contributed by atoms with E-state index in [1.807, 2.05) is 6.07 Å². The minimum Gasteiger partial charge on any atom is -0.507 e. The first kappa shape index (κ1) is 15.8. The van der Waals surface area contributed by atoms with Crippen LogP contribution in [0.3, 0.4) is 0 Å². The average Bonchev–Trinajstić information content (AvgIpc) is 2.96. The summed E-state index contributed by atoms with van der Waals surface area (Å²) in [5.74, 6) is -0.174. The Kier molecular flexibility index (Phi) is 3.43. The summed E-state index contributed by atoms with van der Waals surface area (Å²) >= 11 is 0. The van der Waals surface area contributed by atoms with Gasteiger partial charge in [0, 0.05) is 12.2 Å². The lowest BCUT2D eigenvalue weighted by molar-refractivity contribution is -0.0236. The van der Waals surface area contributed by atoms with Crippen molar-refractivity contribution in [1.82, 2.24) is 14.6 Å². The molecule has 0 radical (unpaired) electrons. The fourth-order valence-electron chi connectivity index (χ4n) is 3.48. The number of anilines is 1. The number of fused-ring (bicyclic) bond motifs is 1. The molecule has 0 unspecified atom stereocenters. The van der Waals surface area contributed by atoms with Crippen LogP contribution >= 0.6 is 0 Å². The van der Waals surface area contributed by atoms with Gasteiger partial charge in [0.2, 0.25) is 5.95 Å². The van der Waals surface area contributed by atoms with Gasteiger partial charge in [-0.25, -0.2) is 4.39 Å². The lowest BCUT2D eigenvalue weighted by Crippen LogP contribution is -2.48. The third-order valence-electron chi connectivity index (χ3n) is 4.62. The zero-order chi connectivity index (χ0) is 17.8. The Morgan fingerprint density at radius 2 is 2.08 bits per heavy atom. The van der Waals surface area contributed by atoms with Gasteiger partial charge in [0.1, 0.15) is 17.3 Å². The highest BCUT2D eigenvalue weighted by Crippen LogP contribution is 2.36. The Hall–Kier alpha value is -2.67. The summed E-state index contributed by atoms with van der Waals surface area (Å²) in [4.78, 5) is 0. The van der Waals surface area contributed by atoms with Gasteiger partial charge in [0.25, 0.3) is 0 Å². The molecular formula is C18H19FN4O2. The maximum atomic E-state index is 14.4. The molecule has 3 aromatic rings. The molecule has 0 atom stereocenters. The highest BCUT2D eigenvalue weighted by atomic mass is 19.1. The third kappa shape index (κ3) is 2.70. The standard InChI is InChI=1S/C18H19FN4O2/c1-10-6-12(19)15(14(24)7-10)16-13-4-3-5-23(13)17(22-21-16)20-11-8-18(2,25)9-11/h3-7,11,24-25H,8-9H2,1-2H3,(H,20,22). The van der Waals surface area contributed by atoms with Gasteiger partial charge >= 0.3 is 0 Å². The number of phenols is 1. The Morgan fingerprint density at radius 3 is 2.76 bits per heavy atom. The molecule has 2 heterocycles. The maximum absolute atomic E-state index is 14.4. The number of aromatic hydroxyl groups is 1. The van der Waals surface area contributed by atoms with Crippen molar-refractivity contribution < 1.29 is 14.6 Å². The first-order chi connectivity index (χ1) is 11.8. The highest BCUT2D eigenvalue weighted by Gasteiger charge is 2.38. The number of aromatic nitrogens is 3. The second kappa shape index (κ2) is 5.42. The van der Waals surface area contributed by atoms with E-state index in [0.29, 0.717) is 29.9 Å². The van der Waals surface area contributed by atoms with E-state index in [4.69, 9.17) is 0 Å². The van der Waals surface area contributed by atoms with E-state index < -0.39 is 11.4 Å². The number of nitrogens with one attached hydrogen (secondary N) is 1. The molecular weight excluding hydrogens is 323 g/mol. The van der Waals surface area contributed by atoms with Crippen molar-refractivity contribution >= 4 is 11.5 Å². The van der Waals surface area contributed by atoms with E-state index in [-0.39, 0.29) is 23.0 Å². The molecule has 1 fully saturated rings. The quantitative estimate of drug-likeness (QED) is 0.682. The van der Waals surface area contributed by atoms with Crippen LogP contribution in [0.4, 0.5) is 10.3 Å². The van der Waals surface area contributed by atoms with Crippen LogP contribution in [0, 0.1) is 12.7 Å². The number of aryl methyl sites for hydroxylation is 1. The smallest absolute Gasteiger partial charge is 0.228 e. The summed E-state index contributed by atoms with van der Waals surface area (Å²) in [6.07, 6.45) is 3.06. The lowest BCUT2D eigenvalue weighted by atomic mass is 9.77. The highest BCUT2D eigenvalue weighted by molar-refractivity contribution is 5.81. The van der Waals surface area contributed by atoms with E-state index in [0.717, 1.165) is 0 Å². The fourth-order valence-corrected chi connectivity index (χ4v) is 3.48. The first-order valence-electron chi connectivity index (χ1n) is 8.16. The van der Waals surface area contributed by atoms with Gasteiger partial charge in [-0.3, -0.25) is 4.40 Å². The van der Waals surface area contributed by atoms with Gasteiger partial charge in [0.05, 0.1) is 16.7 Å². The van der Waals surface area contributed by atoms with Gasteiger partial charge in [-0.2, -0.15) is 0 Å². The fraction of sp³-hybridized carbons (Fsp3) is 0.333. The predicted octanol–water partition coefficient (Wildman–Crippen LogP) is 2.87. The molecule has 1 aromatic carbocycles. The predicted molar refractivity (Wildman–Crippen MR) is 92.1 cm³/mol. The number of phenolic OH excluding ortho intramolecular Hbond substituents is 1. The molecule has 0 bridgehead atoms. The van der Waals surface area contributed by atoms with Crippen LogP contribution < -0.4 is 5.32 Å². The molecule has 0 saturated heterocycles. The summed E-state index contributed by atoms with van der Waals surface area (Å²) < 4.78 is 16.2. The van der Waals surface area contributed by atoms with Gasteiger partial charge < -0.3 is 15.5 Å². The van der Waals surface area contributed by atoms with Crippen LogP contribution in [0.25, 0.3) is 16.8 Å². The van der Waals surface area contributed by atoms with Crippen LogP contribution in [-0.4, -0.2) is 36.5 Å². The number of aliphatic hydroxyl groups is 1. The zero-order valence-electron chi connectivity index (χ0n) is 14.0. The molecule has 3 N–H and O–H groups in total. The molecule has 1 aliphatic rings. The average molecular weight is 342 g/mol. The van der Waals surface area contributed by atoms with Crippen molar-refractivity contribution in [2.45, 2.75) is 38.3 Å². The van der Waals surface area contributed by atoms with Crippen LogP contribution in [0.2, 0.25) is 0 Å². The van der Waals surface area contributed by atoms with Crippen LogP contribution in [0.5, 0.6) is 5.75 Å². The van der Waals surface area contributed by atoms with Crippen LogP contribution in [0.1, 0.15) is 25.3 Å².